The fourth-order valence-electron chi connectivity index (χ4n) is 2.25. The molecule has 1 saturated heterocycles. The molecule has 2 heterocycles. The van der Waals surface area contributed by atoms with Gasteiger partial charge in [0, 0.05) is 24.5 Å². The number of hydrogen-bond acceptors (Lipinski definition) is 4. The third-order valence-corrected chi connectivity index (χ3v) is 5.02. The van der Waals surface area contributed by atoms with E-state index in [9.17, 15) is 0 Å². The quantitative estimate of drug-likeness (QED) is 0.908. The van der Waals surface area contributed by atoms with Gasteiger partial charge in [0.1, 0.15) is 0 Å². The topological polar surface area (TPSA) is 28.2 Å². The minimum Gasteiger partial charge on any atom is -0.348 e. The molecule has 4 heteroatoms. The summed E-state index contributed by atoms with van der Waals surface area (Å²) in [5.74, 6) is 0. The van der Waals surface area contributed by atoms with E-state index in [4.69, 9.17) is 4.98 Å². The van der Waals surface area contributed by atoms with E-state index in [-0.39, 0.29) is 0 Å². The number of hydrogen-bond donors (Lipinski definition) is 1. The largest absolute Gasteiger partial charge is 0.348 e. The van der Waals surface area contributed by atoms with Crippen LogP contribution in [-0.2, 0) is 6.54 Å². The van der Waals surface area contributed by atoms with Crippen molar-refractivity contribution in [2.24, 2.45) is 5.41 Å². The third kappa shape index (κ3) is 3.23. The molecular weight excluding hydrogens is 242 g/mol. The molecule has 0 spiro atoms. The van der Waals surface area contributed by atoms with E-state index in [0.717, 1.165) is 26.2 Å². The van der Waals surface area contributed by atoms with Gasteiger partial charge in [-0.05, 0) is 31.7 Å². The Morgan fingerprint density at radius 3 is 2.61 bits per heavy atom. The number of nitrogens with one attached hydrogen (secondary N) is 1. The highest BCUT2D eigenvalue weighted by molar-refractivity contribution is 7.15. The average molecular weight is 267 g/mol. The van der Waals surface area contributed by atoms with Crippen LogP contribution in [0.25, 0.3) is 0 Å². The van der Waals surface area contributed by atoms with Crippen LogP contribution in [0.3, 0.4) is 0 Å². The van der Waals surface area contributed by atoms with Gasteiger partial charge in [-0.25, -0.2) is 4.98 Å². The Labute approximate surface area is 115 Å². The molecule has 1 aromatic heterocycles. The molecule has 0 atom stereocenters. The molecule has 0 bridgehead atoms. The summed E-state index contributed by atoms with van der Waals surface area (Å²) in [6.07, 6.45) is 2.54. The van der Waals surface area contributed by atoms with Crippen LogP contribution in [0.5, 0.6) is 0 Å². The Morgan fingerprint density at radius 1 is 1.33 bits per heavy atom. The van der Waals surface area contributed by atoms with Crippen LogP contribution in [0.1, 0.15) is 44.2 Å². The number of aromatic nitrogens is 1. The molecule has 18 heavy (non-hydrogen) atoms. The Morgan fingerprint density at radius 2 is 2.00 bits per heavy atom. The zero-order valence-electron chi connectivity index (χ0n) is 12.0. The van der Waals surface area contributed by atoms with E-state index in [1.165, 1.54) is 28.5 Å². The highest BCUT2D eigenvalue weighted by Gasteiger charge is 2.27. The average Bonchev–Trinajstić information content (AvgIpc) is 2.68. The van der Waals surface area contributed by atoms with E-state index < -0.39 is 0 Å². The van der Waals surface area contributed by atoms with Gasteiger partial charge in [-0.1, -0.05) is 20.8 Å². The van der Waals surface area contributed by atoms with Gasteiger partial charge in [-0.15, -0.1) is 11.3 Å². The maximum absolute atomic E-state index is 4.74. The maximum atomic E-state index is 4.74. The molecule has 1 N–H and O–H groups in total. The van der Waals surface area contributed by atoms with E-state index >= 15 is 0 Å². The van der Waals surface area contributed by atoms with Gasteiger partial charge in [0.05, 0.1) is 5.69 Å². The van der Waals surface area contributed by atoms with E-state index in [1.54, 1.807) is 0 Å². The molecule has 3 nitrogen and oxygen atoms in total. The summed E-state index contributed by atoms with van der Waals surface area (Å²) in [5, 5.41) is 4.61. The lowest BCUT2D eigenvalue weighted by Crippen LogP contribution is -2.37. The summed E-state index contributed by atoms with van der Waals surface area (Å²) in [7, 11) is 0. The van der Waals surface area contributed by atoms with Crippen molar-refractivity contribution in [1.82, 2.24) is 10.3 Å². The lowest BCUT2D eigenvalue weighted by atomic mass is 9.83. The summed E-state index contributed by atoms with van der Waals surface area (Å²) < 4.78 is 0. The fourth-order valence-corrected chi connectivity index (χ4v) is 3.34. The summed E-state index contributed by atoms with van der Waals surface area (Å²) in [5.41, 5.74) is 1.70. The van der Waals surface area contributed by atoms with Crippen molar-refractivity contribution < 1.29 is 0 Å². The first-order valence-electron chi connectivity index (χ1n) is 6.94. The molecule has 0 unspecified atom stereocenters. The highest BCUT2D eigenvalue weighted by atomic mass is 32.1. The van der Waals surface area contributed by atoms with Gasteiger partial charge < -0.3 is 10.2 Å². The SMILES string of the molecule is CCNCc1sc(N2CCC(C)(C)CC2)nc1C. The molecule has 0 aromatic carbocycles. The minimum atomic E-state index is 0.509. The van der Waals surface area contributed by atoms with Crippen molar-refractivity contribution in [3.05, 3.63) is 10.6 Å². The van der Waals surface area contributed by atoms with Gasteiger partial charge in [-0.3, -0.25) is 0 Å². The Balaban J connectivity index is 2.01. The first-order chi connectivity index (χ1) is 8.52. The Hall–Kier alpha value is -0.610. The lowest BCUT2D eigenvalue weighted by Gasteiger charge is -2.36. The minimum absolute atomic E-state index is 0.509. The molecular formula is C14H25N3S. The molecule has 1 aromatic rings. The number of aryl methyl sites for hydroxylation is 1. The normalized spacial score (nSPS) is 19.2. The molecule has 0 aliphatic carbocycles. The van der Waals surface area contributed by atoms with E-state index in [2.05, 4.69) is 37.9 Å². The van der Waals surface area contributed by atoms with Crippen LogP contribution in [-0.4, -0.2) is 24.6 Å². The van der Waals surface area contributed by atoms with Crippen LogP contribution >= 0.6 is 11.3 Å². The molecule has 0 saturated carbocycles. The number of nitrogens with zero attached hydrogens (tertiary/aromatic N) is 2. The molecule has 0 radical (unpaired) electrons. The van der Waals surface area contributed by atoms with Crippen molar-refractivity contribution in [3.63, 3.8) is 0 Å². The van der Waals surface area contributed by atoms with Crippen LogP contribution in [0.4, 0.5) is 5.13 Å². The summed E-state index contributed by atoms with van der Waals surface area (Å²) >= 11 is 1.86. The second-order valence-electron chi connectivity index (χ2n) is 5.94. The number of piperidine rings is 1. The van der Waals surface area contributed by atoms with Crippen LogP contribution in [0, 0.1) is 12.3 Å². The smallest absolute Gasteiger partial charge is 0.185 e. The zero-order chi connectivity index (χ0) is 13.2. The maximum Gasteiger partial charge on any atom is 0.185 e. The van der Waals surface area contributed by atoms with Gasteiger partial charge in [0.15, 0.2) is 5.13 Å². The Kier molecular flexibility index (Phi) is 4.28. The monoisotopic (exact) mass is 267 g/mol. The standard InChI is InChI=1S/C14H25N3S/c1-5-15-10-12-11(2)16-13(18-12)17-8-6-14(3,4)7-9-17/h15H,5-10H2,1-4H3. The lowest BCUT2D eigenvalue weighted by molar-refractivity contribution is 0.279. The molecule has 1 aliphatic rings. The first kappa shape index (κ1) is 13.8. The van der Waals surface area contributed by atoms with Crippen molar-refractivity contribution in [2.45, 2.75) is 47.1 Å². The summed E-state index contributed by atoms with van der Waals surface area (Å²) in [6.45, 7) is 13.3. The third-order valence-electron chi connectivity index (χ3n) is 3.80. The molecule has 102 valence electrons. The van der Waals surface area contributed by atoms with Crippen molar-refractivity contribution >= 4 is 16.5 Å². The fraction of sp³-hybridized carbons (Fsp3) is 0.786. The van der Waals surface area contributed by atoms with E-state index in [1.807, 2.05) is 11.3 Å². The van der Waals surface area contributed by atoms with Gasteiger partial charge in [0.2, 0.25) is 0 Å². The Bertz CT molecular complexity index is 388. The van der Waals surface area contributed by atoms with Crippen molar-refractivity contribution in [2.75, 3.05) is 24.5 Å². The van der Waals surface area contributed by atoms with Gasteiger partial charge >= 0.3 is 0 Å². The van der Waals surface area contributed by atoms with Gasteiger partial charge in [-0.2, -0.15) is 0 Å². The molecule has 2 rings (SSSR count). The highest BCUT2D eigenvalue weighted by Crippen LogP contribution is 2.34. The summed E-state index contributed by atoms with van der Waals surface area (Å²) in [4.78, 5) is 8.58. The van der Waals surface area contributed by atoms with Crippen molar-refractivity contribution in [1.29, 1.82) is 0 Å². The molecule has 0 amide bonds. The number of thiazole rings is 1. The van der Waals surface area contributed by atoms with E-state index in [0.29, 0.717) is 5.41 Å². The predicted octanol–water partition coefficient (Wildman–Crippen LogP) is 3.19. The van der Waals surface area contributed by atoms with Crippen LogP contribution in [0.15, 0.2) is 0 Å². The molecule has 1 aliphatic heterocycles. The second kappa shape index (κ2) is 5.57. The second-order valence-corrected chi connectivity index (χ2v) is 7.00. The van der Waals surface area contributed by atoms with Crippen molar-refractivity contribution in [3.8, 4) is 0 Å². The number of rotatable bonds is 4. The van der Waals surface area contributed by atoms with Gasteiger partial charge in [0.25, 0.3) is 0 Å². The predicted molar refractivity (Wildman–Crippen MR) is 79.5 cm³/mol. The molecule has 1 fully saturated rings. The van der Waals surface area contributed by atoms with Crippen LogP contribution in [0.2, 0.25) is 0 Å². The zero-order valence-corrected chi connectivity index (χ0v) is 12.9. The number of anilines is 1. The first-order valence-corrected chi connectivity index (χ1v) is 7.75. The van der Waals surface area contributed by atoms with Crippen LogP contribution < -0.4 is 10.2 Å². The summed E-state index contributed by atoms with van der Waals surface area (Å²) in [6, 6.07) is 0.